The zero-order chi connectivity index (χ0) is 13.5. The average molecular weight is 257 g/mol. The van der Waals surface area contributed by atoms with Gasteiger partial charge in [0.15, 0.2) is 6.61 Å². The molecule has 1 N–H and O–H groups in total. The molecule has 98 valence electrons. The van der Waals surface area contributed by atoms with Crippen molar-refractivity contribution in [1.82, 2.24) is 15.3 Å². The van der Waals surface area contributed by atoms with Gasteiger partial charge in [0, 0.05) is 30.6 Å². The minimum Gasteiger partial charge on any atom is -0.468 e. The summed E-state index contributed by atoms with van der Waals surface area (Å²) in [6.07, 6.45) is 3.41. The molecule has 0 spiro atoms. The van der Waals surface area contributed by atoms with E-state index in [0.29, 0.717) is 12.4 Å². The maximum Gasteiger partial charge on any atom is 0.257 e. The summed E-state index contributed by atoms with van der Waals surface area (Å²) in [5, 5.41) is 2.65. The molecule has 2 aromatic rings. The van der Waals surface area contributed by atoms with Gasteiger partial charge in [-0.25, -0.2) is 4.98 Å². The van der Waals surface area contributed by atoms with Crippen LogP contribution < -0.4 is 10.1 Å². The summed E-state index contributed by atoms with van der Waals surface area (Å²) in [5.41, 5.74) is 1.76. The van der Waals surface area contributed by atoms with E-state index in [9.17, 15) is 4.79 Å². The molecule has 1 amide bonds. The van der Waals surface area contributed by atoms with Gasteiger partial charge in [-0.2, -0.15) is 0 Å². The first-order chi connectivity index (χ1) is 9.29. The third kappa shape index (κ3) is 3.77. The molecule has 0 saturated heterocycles. The van der Waals surface area contributed by atoms with Crippen LogP contribution in [-0.2, 0) is 4.79 Å². The molecule has 0 aromatic carbocycles. The average Bonchev–Trinajstić information content (AvgIpc) is 2.47. The molecule has 0 saturated carbocycles. The van der Waals surface area contributed by atoms with Crippen LogP contribution in [0.2, 0.25) is 0 Å². The van der Waals surface area contributed by atoms with E-state index in [1.165, 1.54) is 0 Å². The summed E-state index contributed by atoms with van der Waals surface area (Å²) in [5.74, 6) is 0.268. The molecule has 0 aliphatic rings. The zero-order valence-corrected chi connectivity index (χ0v) is 10.7. The number of amides is 1. The molecule has 0 aliphatic carbocycles. The summed E-state index contributed by atoms with van der Waals surface area (Å²) >= 11 is 0. The Kier molecular flexibility index (Phi) is 4.44. The molecular weight excluding hydrogens is 242 g/mol. The van der Waals surface area contributed by atoms with Crippen molar-refractivity contribution < 1.29 is 9.53 Å². The van der Waals surface area contributed by atoms with Crippen LogP contribution in [0, 0.1) is 0 Å². The predicted octanol–water partition coefficient (Wildman–Crippen LogP) is 1.66. The lowest BCUT2D eigenvalue weighted by atomic mass is 10.2. The number of ether oxygens (including phenoxy) is 1. The number of nitrogens with one attached hydrogen (secondary N) is 1. The molecule has 5 heteroatoms. The third-order valence-electron chi connectivity index (χ3n) is 2.42. The second-order valence-electron chi connectivity index (χ2n) is 3.84. The minimum absolute atomic E-state index is 0.0240. The maximum absolute atomic E-state index is 11.2. The first-order valence-electron chi connectivity index (χ1n) is 6.06. The van der Waals surface area contributed by atoms with Crippen LogP contribution in [0.5, 0.6) is 5.88 Å². The Bertz CT molecular complexity index is 526. The van der Waals surface area contributed by atoms with E-state index < -0.39 is 0 Å². The Balaban J connectivity index is 1.97. The first kappa shape index (κ1) is 13.0. The Morgan fingerprint density at radius 2 is 2.16 bits per heavy atom. The van der Waals surface area contributed by atoms with Gasteiger partial charge >= 0.3 is 0 Å². The van der Waals surface area contributed by atoms with Gasteiger partial charge in [0.05, 0.1) is 5.69 Å². The first-order valence-corrected chi connectivity index (χ1v) is 6.06. The molecule has 19 heavy (non-hydrogen) atoms. The van der Waals surface area contributed by atoms with Crippen LogP contribution in [0.3, 0.4) is 0 Å². The number of carbonyl (C=O) groups excluding carboxylic acids is 1. The summed E-state index contributed by atoms with van der Waals surface area (Å²) in [7, 11) is 0. The highest BCUT2D eigenvalue weighted by Crippen LogP contribution is 2.17. The number of pyridine rings is 2. The number of rotatable bonds is 5. The van der Waals surface area contributed by atoms with Crippen molar-refractivity contribution in [3.8, 4) is 17.1 Å². The van der Waals surface area contributed by atoms with Crippen molar-refractivity contribution in [2.24, 2.45) is 0 Å². The van der Waals surface area contributed by atoms with Gasteiger partial charge in [0.25, 0.3) is 5.91 Å². The largest absolute Gasteiger partial charge is 0.468 e. The minimum atomic E-state index is -0.155. The standard InChI is InChI=1S/C14H15N3O2/c1-2-15-13(18)10-19-14-7-6-11(9-17-14)12-5-3-4-8-16-12/h3-9H,2,10H2,1H3,(H,15,18). The lowest BCUT2D eigenvalue weighted by molar-refractivity contribution is -0.123. The fourth-order valence-corrected chi connectivity index (χ4v) is 1.54. The summed E-state index contributed by atoms with van der Waals surface area (Å²) in [4.78, 5) is 19.6. The molecular formula is C14H15N3O2. The van der Waals surface area contributed by atoms with E-state index in [1.807, 2.05) is 31.2 Å². The summed E-state index contributed by atoms with van der Waals surface area (Å²) in [6.45, 7) is 2.43. The van der Waals surface area contributed by atoms with Gasteiger partial charge in [-0.15, -0.1) is 0 Å². The number of carbonyl (C=O) groups is 1. The summed E-state index contributed by atoms with van der Waals surface area (Å²) in [6, 6.07) is 9.28. The molecule has 0 fully saturated rings. The van der Waals surface area contributed by atoms with Crippen molar-refractivity contribution >= 4 is 5.91 Å². The quantitative estimate of drug-likeness (QED) is 0.884. The number of hydrogen-bond donors (Lipinski definition) is 1. The van der Waals surface area contributed by atoms with Crippen molar-refractivity contribution in [1.29, 1.82) is 0 Å². The van der Waals surface area contributed by atoms with Gasteiger partial charge < -0.3 is 10.1 Å². The normalized spacial score (nSPS) is 9.95. The molecule has 5 nitrogen and oxygen atoms in total. The van der Waals surface area contributed by atoms with Crippen LogP contribution in [-0.4, -0.2) is 29.0 Å². The Labute approximate surface area is 111 Å². The highest BCUT2D eigenvalue weighted by atomic mass is 16.5. The molecule has 2 aromatic heterocycles. The summed E-state index contributed by atoms with van der Waals surface area (Å²) < 4.78 is 5.27. The lowest BCUT2D eigenvalue weighted by Gasteiger charge is -2.06. The molecule has 0 bridgehead atoms. The maximum atomic E-state index is 11.2. The second-order valence-corrected chi connectivity index (χ2v) is 3.84. The smallest absolute Gasteiger partial charge is 0.257 e. The highest BCUT2D eigenvalue weighted by Gasteiger charge is 2.03. The van der Waals surface area contributed by atoms with Crippen LogP contribution in [0.25, 0.3) is 11.3 Å². The van der Waals surface area contributed by atoms with Crippen LogP contribution in [0.15, 0.2) is 42.7 Å². The van der Waals surface area contributed by atoms with Crippen molar-refractivity contribution in [2.45, 2.75) is 6.92 Å². The number of likely N-dealkylation sites (N-methyl/N-ethyl adjacent to an activating group) is 1. The van der Waals surface area contributed by atoms with Gasteiger partial charge in [0.2, 0.25) is 5.88 Å². The van der Waals surface area contributed by atoms with Gasteiger partial charge in [-0.1, -0.05) is 6.07 Å². The third-order valence-corrected chi connectivity index (χ3v) is 2.42. The Morgan fingerprint density at radius 1 is 1.26 bits per heavy atom. The molecule has 2 rings (SSSR count). The molecule has 0 radical (unpaired) electrons. The second kappa shape index (κ2) is 6.49. The monoisotopic (exact) mass is 257 g/mol. The van der Waals surface area contributed by atoms with Crippen LogP contribution in [0.1, 0.15) is 6.92 Å². The topological polar surface area (TPSA) is 64.1 Å². The molecule has 0 unspecified atom stereocenters. The van der Waals surface area contributed by atoms with E-state index in [2.05, 4.69) is 15.3 Å². The van der Waals surface area contributed by atoms with Crippen molar-refractivity contribution in [3.63, 3.8) is 0 Å². The van der Waals surface area contributed by atoms with Crippen LogP contribution >= 0.6 is 0 Å². The molecule has 0 atom stereocenters. The number of nitrogens with zero attached hydrogens (tertiary/aromatic N) is 2. The van der Waals surface area contributed by atoms with Crippen LogP contribution in [0.4, 0.5) is 0 Å². The van der Waals surface area contributed by atoms with Gasteiger partial charge in [-0.05, 0) is 25.1 Å². The number of aromatic nitrogens is 2. The molecule has 2 heterocycles. The van der Waals surface area contributed by atoms with E-state index >= 15 is 0 Å². The SMILES string of the molecule is CCNC(=O)COc1ccc(-c2ccccn2)cn1. The van der Waals surface area contributed by atoms with Crippen molar-refractivity contribution in [3.05, 3.63) is 42.7 Å². The molecule has 0 aliphatic heterocycles. The Hall–Kier alpha value is -2.43. The Morgan fingerprint density at radius 3 is 2.79 bits per heavy atom. The fraction of sp³-hybridized carbons (Fsp3) is 0.214. The predicted molar refractivity (Wildman–Crippen MR) is 71.6 cm³/mol. The van der Waals surface area contributed by atoms with E-state index in [0.717, 1.165) is 11.3 Å². The van der Waals surface area contributed by atoms with E-state index in [4.69, 9.17) is 4.74 Å². The lowest BCUT2D eigenvalue weighted by Crippen LogP contribution is -2.28. The number of hydrogen-bond acceptors (Lipinski definition) is 4. The van der Waals surface area contributed by atoms with Crippen molar-refractivity contribution in [2.75, 3.05) is 13.2 Å². The van der Waals surface area contributed by atoms with Gasteiger partial charge in [-0.3, -0.25) is 9.78 Å². The van der Waals surface area contributed by atoms with Gasteiger partial charge in [0.1, 0.15) is 0 Å². The van der Waals surface area contributed by atoms with E-state index in [-0.39, 0.29) is 12.5 Å². The van der Waals surface area contributed by atoms with E-state index in [1.54, 1.807) is 18.5 Å². The highest BCUT2D eigenvalue weighted by molar-refractivity contribution is 5.77. The zero-order valence-electron chi connectivity index (χ0n) is 10.7. The fourth-order valence-electron chi connectivity index (χ4n) is 1.54.